The summed E-state index contributed by atoms with van der Waals surface area (Å²) in [6.45, 7) is 2.52. The first-order valence-corrected chi connectivity index (χ1v) is 7.23. The Balaban J connectivity index is 2.02. The summed E-state index contributed by atoms with van der Waals surface area (Å²) in [5.74, 6) is 0.433. The van der Waals surface area contributed by atoms with Gasteiger partial charge in [0.2, 0.25) is 0 Å². The van der Waals surface area contributed by atoms with Gasteiger partial charge >= 0.3 is 0 Å². The number of hydrogen-bond acceptors (Lipinski definition) is 3. The van der Waals surface area contributed by atoms with Gasteiger partial charge in [0, 0.05) is 13.2 Å². The molecule has 1 aliphatic heterocycles. The molecule has 1 aromatic carbocycles. The number of nitrogens with zero attached hydrogens (tertiary/aromatic N) is 3. The van der Waals surface area contributed by atoms with Crippen molar-refractivity contribution in [2.75, 3.05) is 11.4 Å². The number of amides is 1. The molecule has 1 aromatic heterocycles. The second-order valence-corrected chi connectivity index (χ2v) is 5.48. The third-order valence-electron chi connectivity index (χ3n) is 3.53. The minimum absolute atomic E-state index is 0.0648. The number of carbonyl (C=O) groups is 1. The van der Waals surface area contributed by atoms with Crippen LogP contribution in [0.3, 0.4) is 0 Å². The van der Waals surface area contributed by atoms with Crippen LogP contribution in [-0.2, 0) is 7.05 Å². The van der Waals surface area contributed by atoms with Crippen LogP contribution < -0.4 is 9.64 Å². The molecule has 0 fully saturated rings. The lowest BCUT2D eigenvalue weighted by molar-refractivity contribution is 0.0950. The standard InChI is InChI=1S/C15H16ClN3O2/c1-3-10-7-19(15(20)12-8-18(2)9-17-12)13-6-4-5-11(16)14(13)21-10/h4-6,8-10H,3,7H2,1-2H3/t10-/m1/s1. The summed E-state index contributed by atoms with van der Waals surface area (Å²) < 4.78 is 7.64. The van der Waals surface area contributed by atoms with Gasteiger partial charge in [0.1, 0.15) is 11.8 Å². The Kier molecular flexibility index (Phi) is 3.59. The molecule has 21 heavy (non-hydrogen) atoms. The molecule has 0 N–H and O–H groups in total. The molecule has 2 heterocycles. The third kappa shape index (κ3) is 2.49. The largest absolute Gasteiger partial charge is 0.485 e. The van der Waals surface area contributed by atoms with E-state index in [0.717, 1.165) is 6.42 Å². The molecule has 3 rings (SSSR count). The van der Waals surface area contributed by atoms with Crippen LogP contribution in [0.4, 0.5) is 5.69 Å². The summed E-state index contributed by atoms with van der Waals surface area (Å²) in [4.78, 5) is 18.5. The predicted molar refractivity (Wildman–Crippen MR) is 81.0 cm³/mol. The van der Waals surface area contributed by atoms with E-state index in [1.807, 2.05) is 26.1 Å². The Labute approximate surface area is 128 Å². The summed E-state index contributed by atoms with van der Waals surface area (Å²) in [5.41, 5.74) is 1.11. The number of para-hydroxylation sites is 1. The van der Waals surface area contributed by atoms with Crippen molar-refractivity contribution < 1.29 is 9.53 Å². The van der Waals surface area contributed by atoms with Gasteiger partial charge in [0.25, 0.3) is 5.91 Å². The fourth-order valence-electron chi connectivity index (χ4n) is 2.40. The minimum atomic E-state index is -0.138. The van der Waals surface area contributed by atoms with Gasteiger partial charge in [-0.2, -0.15) is 0 Å². The summed E-state index contributed by atoms with van der Waals surface area (Å²) >= 11 is 6.20. The van der Waals surface area contributed by atoms with Gasteiger partial charge in [-0.25, -0.2) is 4.98 Å². The van der Waals surface area contributed by atoms with Gasteiger partial charge in [0.05, 0.1) is 23.6 Å². The van der Waals surface area contributed by atoms with E-state index in [4.69, 9.17) is 16.3 Å². The van der Waals surface area contributed by atoms with Crippen molar-refractivity contribution in [1.29, 1.82) is 0 Å². The van der Waals surface area contributed by atoms with Crippen molar-refractivity contribution in [1.82, 2.24) is 9.55 Å². The van der Waals surface area contributed by atoms with Gasteiger partial charge < -0.3 is 9.30 Å². The van der Waals surface area contributed by atoms with Crippen LogP contribution in [0.5, 0.6) is 5.75 Å². The topological polar surface area (TPSA) is 47.4 Å². The number of rotatable bonds is 2. The van der Waals surface area contributed by atoms with Crippen LogP contribution in [0.2, 0.25) is 5.02 Å². The van der Waals surface area contributed by atoms with Crippen molar-refractivity contribution in [2.24, 2.45) is 7.05 Å². The first-order valence-electron chi connectivity index (χ1n) is 6.85. The lowest BCUT2D eigenvalue weighted by atomic mass is 10.1. The SMILES string of the molecule is CC[C@@H]1CN(C(=O)c2cn(C)cn2)c2cccc(Cl)c2O1. The van der Waals surface area contributed by atoms with E-state index in [1.54, 1.807) is 28.1 Å². The quantitative estimate of drug-likeness (QED) is 0.857. The number of benzene rings is 1. The second-order valence-electron chi connectivity index (χ2n) is 5.08. The zero-order chi connectivity index (χ0) is 15.0. The Bertz CT molecular complexity index is 683. The first kappa shape index (κ1) is 13.9. The van der Waals surface area contributed by atoms with Crippen LogP contribution in [0.25, 0.3) is 0 Å². The monoisotopic (exact) mass is 305 g/mol. The molecule has 5 nitrogen and oxygen atoms in total. The highest BCUT2D eigenvalue weighted by Gasteiger charge is 2.31. The molecule has 1 amide bonds. The van der Waals surface area contributed by atoms with E-state index in [1.165, 1.54) is 0 Å². The molecule has 0 unspecified atom stereocenters. The molecule has 0 aliphatic carbocycles. The molecule has 110 valence electrons. The van der Waals surface area contributed by atoms with E-state index >= 15 is 0 Å². The maximum Gasteiger partial charge on any atom is 0.278 e. The molecular formula is C15H16ClN3O2. The van der Waals surface area contributed by atoms with E-state index in [9.17, 15) is 4.79 Å². The number of fused-ring (bicyclic) bond motifs is 1. The van der Waals surface area contributed by atoms with Crippen molar-refractivity contribution in [3.63, 3.8) is 0 Å². The van der Waals surface area contributed by atoms with Crippen molar-refractivity contribution in [2.45, 2.75) is 19.4 Å². The number of anilines is 1. The highest BCUT2D eigenvalue weighted by molar-refractivity contribution is 6.32. The number of hydrogen-bond donors (Lipinski definition) is 0. The van der Waals surface area contributed by atoms with Crippen LogP contribution in [0.15, 0.2) is 30.7 Å². The van der Waals surface area contributed by atoms with Crippen LogP contribution in [0, 0.1) is 0 Å². The molecule has 1 atom stereocenters. The molecule has 0 spiro atoms. The molecule has 0 saturated carbocycles. The van der Waals surface area contributed by atoms with Crippen molar-refractivity contribution in [3.8, 4) is 5.75 Å². The normalized spacial score (nSPS) is 17.3. The van der Waals surface area contributed by atoms with E-state index in [2.05, 4.69) is 4.98 Å². The fraction of sp³-hybridized carbons (Fsp3) is 0.333. The number of halogens is 1. The first-order chi connectivity index (χ1) is 10.1. The van der Waals surface area contributed by atoms with E-state index in [0.29, 0.717) is 28.7 Å². The smallest absolute Gasteiger partial charge is 0.278 e. The van der Waals surface area contributed by atoms with Gasteiger partial charge in [-0.05, 0) is 18.6 Å². The minimum Gasteiger partial charge on any atom is -0.485 e. The maximum absolute atomic E-state index is 12.7. The second kappa shape index (κ2) is 5.41. The fourth-order valence-corrected chi connectivity index (χ4v) is 2.61. The lowest BCUT2D eigenvalue weighted by Crippen LogP contribution is -2.43. The van der Waals surface area contributed by atoms with Gasteiger partial charge in [0.15, 0.2) is 5.75 Å². The summed E-state index contributed by atoms with van der Waals surface area (Å²) in [7, 11) is 1.84. The Morgan fingerprint density at radius 2 is 2.33 bits per heavy atom. The van der Waals surface area contributed by atoms with Crippen LogP contribution >= 0.6 is 11.6 Å². The van der Waals surface area contributed by atoms with Gasteiger partial charge in [-0.3, -0.25) is 9.69 Å². The highest BCUT2D eigenvalue weighted by Crippen LogP contribution is 2.40. The van der Waals surface area contributed by atoms with E-state index < -0.39 is 0 Å². The number of aromatic nitrogens is 2. The van der Waals surface area contributed by atoms with Crippen molar-refractivity contribution >= 4 is 23.2 Å². The van der Waals surface area contributed by atoms with Gasteiger partial charge in [-0.1, -0.05) is 24.6 Å². The zero-order valence-corrected chi connectivity index (χ0v) is 12.7. The average molecular weight is 306 g/mol. The maximum atomic E-state index is 12.7. The number of imidazole rings is 1. The number of aryl methyl sites for hydroxylation is 1. The summed E-state index contributed by atoms with van der Waals surface area (Å²) in [6, 6.07) is 5.42. The molecule has 2 aromatic rings. The summed E-state index contributed by atoms with van der Waals surface area (Å²) in [6.07, 6.45) is 4.06. The zero-order valence-electron chi connectivity index (χ0n) is 11.9. The highest BCUT2D eigenvalue weighted by atomic mass is 35.5. The predicted octanol–water partition coefficient (Wildman–Crippen LogP) is 2.89. The molecule has 0 radical (unpaired) electrons. The van der Waals surface area contributed by atoms with Crippen molar-refractivity contribution in [3.05, 3.63) is 41.4 Å². The molecule has 0 saturated heterocycles. The number of carbonyl (C=O) groups excluding carboxylic acids is 1. The average Bonchev–Trinajstić information content (AvgIpc) is 2.92. The molecular weight excluding hydrogens is 290 g/mol. The molecule has 6 heteroatoms. The van der Waals surface area contributed by atoms with Gasteiger partial charge in [-0.15, -0.1) is 0 Å². The third-order valence-corrected chi connectivity index (χ3v) is 3.83. The lowest BCUT2D eigenvalue weighted by Gasteiger charge is -2.34. The molecule has 0 bridgehead atoms. The summed E-state index contributed by atoms with van der Waals surface area (Å²) in [5, 5.41) is 0.518. The van der Waals surface area contributed by atoms with Crippen LogP contribution in [0.1, 0.15) is 23.8 Å². The van der Waals surface area contributed by atoms with Crippen LogP contribution in [-0.4, -0.2) is 28.1 Å². The van der Waals surface area contributed by atoms with E-state index in [-0.39, 0.29) is 12.0 Å². The number of ether oxygens (including phenoxy) is 1. The Morgan fingerprint density at radius 1 is 1.52 bits per heavy atom. The Morgan fingerprint density at radius 3 is 3.00 bits per heavy atom. The Hall–Kier alpha value is -2.01. The molecule has 1 aliphatic rings.